The van der Waals surface area contributed by atoms with E-state index in [1.807, 2.05) is 0 Å². The number of hydrogen-bond acceptors (Lipinski definition) is 18. The Morgan fingerprint density at radius 3 is 1.86 bits per heavy atom. The lowest BCUT2D eigenvalue weighted by Crippen LogP contribution is -2.68. The molecule has 12 N–H and O–H groups in total. The van der Waals surface area contributed by atoms with Crippen molar-refractivity contribution in [3.8, 4) is 0 Å². The van der Waals surface area contributed by atoms with Crippen LogP contribution >= 0.6 is 0 Å². The Hall–Kier alpha value is -1.47. The maximum absolute atomic E-state index is 12.6. The van der Waals surface area contributed by atoms with Crippen molar-refractivity contribution in [2.75, 3.05) is 26.4 Å². The topological polar surface area (TPSA) is 315 Å². The number of fused-ring (bicyclic) bond motifs is 7. The highest BCUT2D eigenvalue weighted by atomic mass is 16.8. The van der Waals surface area contributed by atoms with Crippen molar-refractivity contribution < 1.29 is 94.5 Å². The van der Waals surface area contributed by atoms with Gasteiger partial charge in [-0.2, -0.15) is 0 Å². The van der Waals surface area contributed by atoms with Crippen LogP contribution in [0.4, 0.5) is 0 Å². The van der Waals surface area contributed by atoms with Crippen molar-refractivity contribution in [2.24, 2.45) is 50.2 Å². The standard InChI is InChI=1S/C47H76O19/c1-42(2)26-9-12-45(5)27(8-7-21-22-15-43(3,41(59)60)13-14-47(22,20-50)28(51)16-46(21,45)6)44(26,4)11-10-29(42)65-40-37(66-39-36(58)34(56)31(53)24(18-49)63-39)32(54)25(19-61-40)64-38-35(57)33(55)30(52)23(17-48)62-38/h7,22-40,48-58H,8-20H2,1-6H3,(H,59,60). The van der Waals surface area contributed by atoms with Crippen LogP contribution in [0.5, 0.6) is 0 Å². The van der Waals surface area contributed by atoms with Crippen molar-refractivity contribution in [1.29, 1.82) is 0 Å². The number of allylic oxidation sites excluding steroid dienone is 2. The zero-order chi connectivity index (χ0) is 48.3. The van der Waals surface area contributed by atoms with Gasteiger partial charge in [0.1, 0.15) is 67.1 Å². The summed E-state index contributed by atoms with van der Waals surface area (Å²) in [6.07, 6.45) is -16.1. The van der Waals surface area contributed by atoms with E-state index in [2.05, 4.69) is 40.7 Å². The molecule has 4 saturated carbocycles. The van der Waals surface area contributed by atoms with E-state index >= 15 is 0 Å². The van der Waals surface area contributed by atoms with Crippen molar-refractivity contribution >= 4 is 5.97 Å². The summed E-state index contributed by atoms with van der Waals surface area (Å²) < 4.78 is 36.4. The normalized spacial score (nSPS) is 54.8. The first kappa shape index (κ1) is 50.9. The molecule has 3 aliphatic heterocycles. The van der Waals surface area contributed by atoms with Crippen LogP contribution in [-0.4, -0.2) is 192 Å². The Morgan fingerprint density at radius 2 is 1.29 bits per heavy atom. The van der Waals surface area contributed by atoms with Crippen LogP contribution in [0.25, 0.3) is 0 Å². The Labute approximate surface area is 385 Å². The monoisotopic (exact) mass is 944 g/mol. The van der Waals surface area contributed by atoms with Gasteiger partial charge >= 0.3 is 5.97 Å². The number of aliphatic hydroxyl groups excluding tert-OH is 11. The van der Waals surface area contributed by atoms with Crippen LogP contribution < -0.4 is 0 Å². The lowest BCUT2D eigenvalue weighted by atomic mass is 9.33. The van der Waals surface area contributed by atoms with Gasteiger partial charge in [0.2, 0.25) is 0 Å². The molecule has 0 aromatic heterocycles. The van der Waals surface area contributed by atoms with Crippen molar-refractivity contribution in [3.63, 3.8) is 0 Å². The van der Waals surface area contributed by atoms with E-state index in [1.54, 1.807) is 6.92 Å². The second kappa shape index (κ2) is 18.0. The fourth-order valence-electron chi connectivity index (χ4n) is 15.0. The van der Waals surface area contributed by atoms with Gasteiger partial charge in [-0.25, -0.2) is 0 Å². The highest BCUT2D eigenvalue weighted by Gasteiger charge is 2.71. The molecule has 8 rings (SSSR count). The maximum Gasteiger partial charge on any atom is 0.309 e. The number of carboxylic acid groups (broad SMARTS) is 1. The first-order valence-electron chi connectivity index (χ1n) is 24.0. The summed E-state index contributed by atoms with van der Waals surface area (Å²) in [5, 5.41) is 129. The first-order chi connectivity index (χ1) is 30.9. The molecule has 378 valence electrons. The smallest absolute Gasteiger partial charge is 0.309 e. The predicted molar refractivity (Wildman–Crippen MR) is 227 cm³/mol. The summed E-state index contributed by atoms with van der Waals surface area (Å²) in [5.41, 5.74) is -2.06. The molecule has 3 heterocycles. The van der Waals surface area contributed by atoms with Gasteiger partial charge in [-0.3, -0.25) is 4.79 Å². The molecule has 3 saturated heterocycles. The first-order valence-corrected chi connectivity index (χ1v) is 24.0. The molecule has 0 aromatic carbocycles. The van der Waals surface area contributed by atoms with Gasteiger partial charge in [0, 0.05) is 5.41 Å². The van der Waals surface area contributed by atoms with E-state index in [1.165, 1.54) is 5.57 Å². The second-order valence-corrected chi connectivity index (χ2v) is 22.9. The summed E-state index contributed by atoms with van der Waals surface area (Å²) >= 11 is 0. The minimum atomic E-state index is -1.84. The fourth-order valence-corrected chi connectivity index (χ4v) is 15.0. The van der Waals surface area contributed by atoms with Crippen molar-refractivity contribution in [3.05, 3.63) is 11.6 Å². The Bertz CT molecular complexity index is 1800. The van der Waals surface area contributed by atoms with E-state index in [-0.39, 0.29) is 41.8 Å². The number of rotatable bonds is 10. The van der Waals surface area contributed by atoms with Gasteiger partial charge in [0.15, 0.2) is 18.9 Å². The predicted octanol–water partition coefficient (Wildman–Crippen LogP) is -0.711. The Kier molecular flexibility index (Phi) is 13.9. The molecule has 0 radical (unpaired) electrons. The van der Waals surface area contributed by atoms with E-state index in [0.29, 0.717) is 32.1 Å². The number of carboxylic acids is 1. The van der Waals surface area contributed by atoms with Crippen LogP contribution in [0, 0.1) is 50.2 Å². The van der Waals surface area contributed by atoms with Crippen molar-refractivity contribution in [2.45, 2.75) is 198 Å². The highest BCUT2D eigenvalue weighted by Crippen LogP contribution is 2.76. The zero-order valence-electron chi connectivity index (χ0n) is 39.0. The van der Waals surface area contributed by atoms with E-state index < -0.39 is 139 Å². The van der Waals surface area contributed by atoms with Crippen LogP contribution in [0.15, 0.2) is 11.6 Å². The third-order valence-electron chi connectivity index (χ3n) is 19.4. The number of carbonyl (C=O) groups is 1. The molecule has 5 aliphatic carbocycles. The van der Waals surface area contributed by atoms with Gasteiger partial charge in [0.25, 0.3) is 0 Å². The molecule has 7 fully saturated rings. The van der Waals surface area contributed by atoms with Gasteiger partial charge in [-0.05, 0) is 104 Å². The summed E-state index contributed by atoms with van der Waals surface area (Å²) in [6.45, 7) is 11.0. The maximum atomic E-state index is 12.6. The highest BCUT2D eigenvalue weighted by molar-refractivity contribution is 5.74. The molecular formula is C47H76O19. The number of aliphatic hydroxyl groups is 11. The number of hydrogen-bond donors (Lipinski definition) is 12. The Morgan fingerprint density at radius 1 is 0.682 bits per heavy atom. The molecule has 19 heteroatoms. The zero-order valence-corrected chi connectivity index (χ0v) is 39.0. The SMILES string of the molecule is CC1(C(=O)O)CCC2(CO)C(O)CC3(C)C(=CCC4C5(C)CCC(OC6OCC(OC7OC(CO)C(O)C(O)C7O)C(O)C6OC6OC(CO)C(O)C(O)C6O)C(C)(C)C5CCC43C)C2C1. The van der Waals surface area contributed by atoms with Gasteiger partial charge in [-0.1, -0.05) is 46.3 Å². The quantitative estimate of drug-likeness (QED) is 0.0951. The summed E-state index contributed by atoms with van der Waals surface area (Å²) in [4.78, 5) is 12.6. The Balaban J connectivity index is 1.05. The minimum absolute atomic E-state index is 0.107. The summed E-state index contributed by atoms with van der Waals surface area (Å²) in [5.74, 6) is -0.847. The number of ether oxygens (including phenoxy) is 6. The van der Waals surface area contributed by atoms with Crippen LogP contribution in [0.1, 0.15) is 99.3 Å². The number of aliphatic carboxylic acids is 1. The van der Waals surface area contributed by atoms with E-state index in [4.69, 9.17) is 28.4 Å². The van der Waals surface area contributed by atoms with Crippen LogP contribution in [-0.2, 0) is 33.2 Å². The largest absolute Gasteiger partial charge is 0.481 e. The second-order valence-electron chi connectivity index (χ2n) is 22.9. The van der Waals surface area contributed by atoms with Crippen LogP contribution in [0.3, 0.4) is 0 Å². The average Bonchev–Trinajstić information content (AvgIpc) is 3.27. The third kappa shape index (κ3) is 7.68. The molecule has 24 unspecified atom stereocenters. The van der Waals surface area contributed by atoms with Gasteiger partial charge in [0.05, 0.1) is 44.1 Å². The third-order valence-corrected chi connectivity index (χ3v) is 19.4. The molecule has 0 aromatic rings. The average molecular weight is 945 g/mol. The molecule has 24 atom stereocenters. The lowest BCUT2D eigenvalue weighted by molar-refractivity contribution is -0.382. The molecular weight excluding hydrogens is 868 g/mol. The molecule has 0 bridgehead atoms. The van der Waals surface area contributed by atoms with Gasteiger partial charge in [-0.15, -0.1) is 0 Å². The molecule has 0 spiro atoms. The molecule has 19 nitrogen and oxygen atoms in total. The summed E-state index contributed by atoms with van der Waals surface area (Å²) in [7, 11) is 0. The minimum Gasteiger partial charge on any atom is -0.481 e. The van der Waals surface area contributed by atoms with Gasteiger partial charge < -0.3 is 89.7 Å². The summed E-state index contributed by atoms with van der Waals surface area (Å²) in [6, 6.07) is 0. The molecule has 66 heavy (non-hydrogen) atoms. The van der Waals surface area contributed by atoms with Crippen LogP contribution in [0.2, 0.25) is 0 Å². The lowest BCUT2D eigenvalue weighted by Gasteiger charge is -2.72. The fraction of sp³-hybridized carbons (Fsp3) is 0.936. The van der Waals surface area contributed by atoms with E-state index in [9.17, 15) is 66.1 Å². The molecule has 8 aliphatic rings. The van der Waals surface area contributed by atoms with Crippen molar-refractivity contribution in [1.82, 2.24) is 0 Å². The van der Waals surface area contributed by atoms with E-state index in [0.717, 1.165) is 25.7 Å². The molecule has 0 amide bonds.